The molecule has 8 heteroatoms. The van der Waals surface area contributed by atoms with Crippen LogP contribution in [-0.4, -0.2) is 30.7 Å². The van der Waals surface area contributed by atoms with E-state index in [2.05, 4.69) is 35.9 Å². The monoisotopic (exact) mass is 482 g/mol. The molecule has 0 saturated heterocycles. The molecule has 0 fully saturated rings. The fraction of sp³-hybridized carbons (Fsp3) is 0.385. The Labute approximate surface area is 202 Å². The number of amides is 1. The Morgan fingerprint density at radius 1 is 1.00 bits per heavy atom. The molecular formula is C26H34N4O3S. The SMILES string of the molecule is Cc1cc(C)n(CCCNC(=O)c2ccc(CNS(=O)(=O)c3ccc(C(C)(C)C)cc3)cc2)n1. The number of aryl methyl sites for hydroxylation is 3. The van der Waals surface area contributed by atoms with E-state index in [1.807, 2.05) is 36.7 Å². The van der Waals surface area contributed by atoms with E-state index >= 15 is 0 Å². The molecule has 0 bridgehead atoms. The Bertz CT molecular complexity index is 1220. The maximum atomic E-state index is 12.6. The first-order valence-electron chi connectivity index (χ1n) is 11.4. The lowest BCUT2D eigenvalue weighted by Gasteiger charge is -2.19. The molecule has 0 aliphatic carbocycles. The molecule has 3 rings (SSSR count). The third kappa shape index (κ3) is 6.77. The van der Waals surface area contributed by atoms with Crippen molar-refractivity contribution in [3.05, 3.63) is 82.7 Å². The highest BCUT2D eigenvalue weighted by Crippen LogP contribution is 2.23. The number of benzene rings is 2. The molecular weight excluding hydrogens is 448 g/mol. The maximum absolute atomic E-state index is 12.6. The van der Waals surface area contributed by atoms with Crippen LogP contribution in [0.1, 0.15) is 60.1 Å². The van der Waals surface area contributed by atoms with Crippen LogP contribution >= 0.6 is 0 Å². The summed E-state index contributed by atoms with van der Waals surface area (Å²) in [5, 5.41) is 7.33. The number of aromatic nitrogens is 2. The Kier molecular flexibility index (Phi) is 7.94. The molecule has 0 saturated carbocycles. The van der Waals surface area contributed by atoms with E-state index in [-0.39, 0.29) is 22.8 Å². The molecule has 0 aliphatic rings. The van der Waals surface area contributed by atoms with Crippen LogP contribution in [0.5, 0.6) is 0 Å². The molecule has 1 aromatic heterocycles. The third-order valence-corrected chi connectivity index (χ3v) is 7.07. The molecule has 0 atom stereocenters. The molecule has 2 aromatic carbocycles. The predicted octanol–water partition coefficient (Wildman–Crippen LogP) is 4.10. The van der Waals surface area contributed by atoms with Gasteiger partial charge in [0.25, 0.3) is 5.91 Å². The summed E-state index contributed by atoms with van der Waals surface area (Å²) in [6.07, 6.45) is 0.782. The van der Waals surface area contributed by atoms with Gasteiger partial charge < -0.3 is 5.32 Å². The fourth-order valence-corrected chi connectivity index (χ4v) is 4.62. The lowest BCUT2D eigenvalue weighted by atomic mass is 9.87. The van der Waals surface area contributed by atoms with Crippen LogP contribution in [0.3, 0.4) is 0 Å². The Hall–Kier alpha value is -2.97. The number of rotatable bonds is 9. The van der Waals surface area contributed by atoms with Crippen molar-refractivity contribution in [2.24, 2.45) is 0 Å². The summed E-state index contributed by atoms with van der Waals surface area (Å²) in [6.45, 7) is 11.7. The predicted molar refractivity (Wildman–Crippen MR) is 134 cm³/mol. The van der Waals surface area contributed by atoms with E-state index in [0.29, 0.717) is 12.1 Å². The average molecular weight is 483 g/mol. The topological polar surface area (TPSA) is 93.1 Å². The molecule has 0 radical (unpaired) electrons. The second kappa shape index (κ2) is 10.5. The van der Waals surface area contributed by atoms with Gasteiger partial charge in [0.2, 0.25) is 10.0 Å². The molecule has 3 aromatic rings. The highest BCUT2D eigenvalue weighted by Gasteiger charge is 2.17. The van der Waals surface area contributed by atoms with Crippen LogP contribution in [-0.2, 0) is 28.5 Å². The number of sulfonamides is 1. The zero-order valence-electron chi connectivity index (χ0n) is 20.6. The van der Waals surface area contributed by atoms with Gasteiger partial charge in [-0.2, -0.15) is 5.10 Å². The molecule has 7 nitrogen and oxygen atoms in total. The summed E-state index contributed by atoms with van der Waals surface area (Å²) >= 11 is 0. The van der Waals surface area contributed by atoms with Gasteiger partial charge >= 0.3 is 0 Å². The maximum Gasteiger partial charge on any atom is 0.251 e. The Morgan fingerprint density at radius 3 is 2.21 bits per heavy atom. The van der Waals surface area contributed by atoms with Gasteiger partial charge in [-0.25, -0.2) is 13.1 Å². The van der Waals surface area contributed by atoms with E-state index in [1.54, 1.807) is 36.4 Å². The van der Waals surface area contributed by atoms with E-state index in [1.165, 1.54) is 0 Å². The molecule has 34 heavy (non-hydrogen) atoms. The minimum absolute atomic E-state index is 0.0400. The minimum atomic E-state index is -3.62. The van der Waals surface area contributed by atoms with Crippen molar-refractivity contribution in [1.29, 1.82) is 0 Å². The molecule has 0 spiro atoms. The van der Waals surface area contributed by atoms with Gasteiger partial charge in [-0.05, 0) is 67.1 Å². The highest BCUT2D eigenvalue weighted by molar-refractivity contribution is 7.89. The lowest BCUT2D eigenvalue weighted by molar-refractivity contribution is 0.0952. The van der Waals surface area contributed by atoms with Gasteiger partial charge in [-0.3, -0.25) is 9.48 Å². The van der Waals surface area contributed by atoms with Crippen molar-refractivity contribution in [2.45, 2.75) is 64.4 Å². The third-order valence-electron chi connectivity index (χ3n) is 5.65. The summed E-state index contributed by atoms with van der Waals surface area (Å²) in [5.41, 5.74) is 4.44. The number of carbonyl (C=O) groups is 1. The van der Waals surface area contributed by atoms with Crippen molar-refractivity contribution < 1.29 is 13.2 Å². The number of hydrogen-bond acceptors (Lipinski definition) is 4. The van der Waals surface area contributed by atoms with Crippen LogP contribution < -0.4 is 10.0 Å². The number of hydrogen-bond donors (Lipinski definition) is 2. The Morgan fingerprint density at radius 2 is 1.65 bits per heavy atom. The first-order chi connectivity index (χ1) is 16.0. The van der Waals surface area contributed by atoms with Crippen LogP contribution in [0, 0.1) is 13.8 Å². The summed E-state index contributed by atoms with van der Waals surface area (Å²) < 4.78 is 29.8. The zero-order valence-corrected chi connectivity index (χ0v) is 21.4. The largest absolute Gasteiger partial charge is 0.352 e. The van der Waals surface area contributed by atoms with Crippen LogP contribution in [0.4, 0.5) is 0 Å². The highest BCUT2D eigenvalue weighted by atomic mass is 32.2. The van der Waals surface area contributed by atoms with Gasteiger partial charge in [-0.1, -0.05) is 45.0 Å². The van der Waals surface area contributed by atoms with Crippen molar-refractivity contribution in [3.8, 4) is 0 Å². The van der Waals surface area contributed by atoms with Crippen molar-refractivity contribution in [2.75, 3.05) is 6.54 Å². The normalized spacial score (nSPS) is 12.0. The molecule has 182 valence electrons. The van der Waals surface area contributed by atoms with E-state index in [0.717, 1.165) is 35.5 Å². The van der Waals surface area contributed by atoms with Crippen molar-refractivity contribution in [1.82, 2.24) is 19.8 Å². The minimum Gasteiger partial charge on any atom is -0.352 e. The van der Waals surface area contributed by atoms with Gasteiger partial charge in [0.05, 0.1) is 10.6 Å². The summed E-state index contributed by atoms with van der Waals surface area (Å²) in [6, 6.07) is 15.9. The van der Waals surface area contributed by atoms with Crippen LogP contribution in [0.2, 0.25) is 0 Å². The first-order valence-corrected chi connectivity index (χ1v) is 12.9. The summed E-state index contributed by atoms with van der Waals surface area (Å²) in [4.78, 5) is 12.6. The smallest absolute Gasteiger partial charge is 0.251 e. The second-order valence-electron chi connectivity index (χ2n) is 9.56. The Balaban J connectivity index is 1.49. The van der Waals surface area contributed by atoms with Crippen molar-refractivity contribution >= 4 is 15.9 Å². The lowest BCUT2D eigenvalue weighted by Crippen LogP contribution is -2.26. The molecule has 1 amide bonds. The molecule has 2 N–H and O–H groups in total. The molecule has 0 unspecified atom stereocenters. The van der Waals surface area contributed by atoms with E-state index in [4.69, 9.17) is 0 Å². The molecule has 1 heterocycles. The average Bonchev–Trinajstić information content (AvgIpc) is 3.11. The fourth-order valence-electron chi connectivity index (χ4n) is 3.60. The van der Waals surface area contributed by atoms with E-state index in [9.17, 15) is 13.2 Å². The first kappa shape index (κ1) is 25.6. The molecule has 0 aliphatic heterocycles. The van der Waals surface area contributed by atoms with Gasteiger partial charge in [0.1, 0.15) is 0 Å². The standard InChI is InChI=1S/C26H34N4O3S/c1-19-17-20(2)30(29-19)16-6-15-27-25(31)22-9-7-21(8-10-22)18-28-34(32,33)24-13-11-23(12-14-24)26(3,4)5/h7-14,17,28H,6,15-16,18H2,1-5H3,(H,27,31). The number of nitrogens with one attached hydrogen (secondary N) is 2. The van der Waals surface area contributed by atoms with E-state index < -0.39 is 10.0 Å². The zero-order chi connectivity index (χ0) is 24.9. The summed E-state index contributed by atoms with van der Waals surface area (Å²) in [5.74, 6) is -0.153. The quantitative estimate of drug-likeness (QED) is 0.449. The van der Waals surface area contributed by atoms with Crippen LogP contribution in [0.25, 0.3) is 0 Å². The van der Waals surface area contributed by atoms with Gasteiger partial charge in [0.15, 0.2) is 0 Å². The second-order valence-corrected chi connectivity index (χ2v) is 11.3. The number of carbonyl (C=O) groups excluding carboxylic acids is 1. The summed E-state index contributed by atoms with van der Waals surface area (Å²) in [7, 11) is -3.62. The van der Waals surface area contributed by atoms with Crippen molar-refractivity contribution in [3.63, 3.8) is 0 Å². The van der Waals surface area contributed by atoms with Gasteiger partial charge in [0, 0.05) is 30.9 Å². The van der Waals surface area contributed by atoms with Gasteiger partial charge in [-0.15, -0.1) is 0 Å². The number of nitrogens with zero attached hydrogens (tertiary/aromatic N) is 2. The van der Waals surface area contributed by atoms with Crippen LogP contribution in [0.15, 0.2) is 59.5 Å².